The van der Waals surface area contributed by atoms with Gasteiger partial charge in [-0.15, -0.1) is 0 Å². The van der Waals surface area contributed by atoms with Crippen LogP contribution < -0.4 is 20.1 Å². The smallest absolute Gasteiger partial charge is 0.258 e. The highest BCUT2D eigenvalue weighted by Gasteiger charge is 2.39. The van der Waals surface area contributed by atoms with Crippen molar-refractivity contribution in [3.8, 4) is 11.5 Å². The van der Waals surface area contributed by atoms with Crippen molar-refractivity contribution in [3.05, 3.63) is 60.2 Å². The van der Waals surface area contributed by atoms with E-state index in [4.69, 9.17) is 9.47 Å². The Bertz CT molecular complexity index is 767. The van der Waals surface area contributed by atoms with Crippen LogP contribution in [-0.2, 0) is 15.3 Å². The number of para-hydroxylation sites is 1. The zero-order valence-electron chi connectivity index (χ0n) is 15.0. The van der Waals surface area contributed by atoms with Gasteiger partial charge in [-0.1, -0.05) is 30.3 Å². The van der Waals surface area contributed by atoms with E-state index < -0.39 is 6.04 Å². The lowest BCUT2D eigenvalue weighted by atomic mass is 10.0. The topological polar surface area (TPSA) is 76.7 Å². The molecule has 1 aliphatic heterocycles. The van der Waals surface area contributed by atoms with Crippen molar-refractivity contribution in [2.75, 3.05) is 19.5 Å². The number of carbonyl (C=O) groups excluding carboxylic acids is 2. The van der Waals surface area contributed by atoms with Crippen molar-refractivity contribution in [2.24, 2.45) is 0 Å². The van der Waals surface area contributed by atoms with Crippen LogP contribution in [0.15, 0.2) is 54.6 Å². The summed E-state index contributed by atoms with van der Waals surface area (Å²) in [5, 5.41) is 5.59. The first kappa shape index (κ1) is 19.1. The number of hydrogen-bond acceptors (Lipinski definition) is 5. The lowest BCUT2D eigenvalue weighted by Gasteiger charge is -2.36. The van der Waals surface area contributed by atoms with Crippen molar-refractivity contribution < 1.29 is 19.1 Å². The van der Waals surface area contributed by atoms with Gasteiger partial charge in [-0.3, -0.25) is 9.59 Å². The van der Waals surface area contributed by atoms with Crippen molar-refractivity contribution >= 4 is 23.6 Å². The van der Waals surface area contributed by atoms with Crippen molar-refractivity contribution in [2.45, 2.75) is 17.8 Å². The molecule has 1 fully saturated rings. The molecule has 2 unspecified atom stereocenters. The van der Waals surface area contributed by atoms with Gasteiger partial charge in [-0.05, 0) is 29.8 Å². The highest BCUT2D eigenvalue weighted by atomic mass is 32.2. The Kier molecular flexibility index (Phi) is 6.59. The number of carbonyl (C=O) groups is 2. The molecule has 3 rings (SSSR count). The van der Waals surface area contributed by atoms with E-state index in [1.165, 1.54) is 5.56 Å². The van der Waals surface area contributed by atoms with Crippen LogP contribution in [0, 0.1) is 0 Å². The summed E-state index contributed by atoms with van der Waals surface area (Å²) in [6, 6.07) is 16.4. The molecule has 0 spiro atoms. The number of ether oxygens (including phenoxy) is 2. The zero-order chi connectivity index (χ0) is 19.1. The average Bonchev–Trinajstić information content (AvgIpc) is 2.71. The summed E-state index contributed by atoms with van der Waals surface area (Å²) in [5.74, 6) is 2.55. The predicted octanol–water partition coefficient (Wildman–Crippen LogP) is 1.99. The molecule has 2 amide bonds. The zero-order valence-corrected chi connectivity index (χ0v) is 15.8. The molecule has 1 saturated heterocycles. The highest BCUT2D eigenvalue weighted by Crippen LogP contribution is 2.20. The van der Waals surface area contributed by atoms with Crippen molar-refractivity contribution in [3.63, 3.8) is 0 Å². The number of β-lactam (4-membered cyclic amide) rings is 1. The lowest BCUT2D eigenvalue weighted by Crippen LogP contribution is -2.70. The quantitative estimate of drug-likeness (QED) is 0.645. The summed E-state index contributed by atoms with van der Waals surface area (Å²) in [7, 11) is 1.64. The Labute approximate surface area is 162 Å². The molecule has 2 aromatic rings. The van der Waals surface area contributed by atoms with Gasteiger partial charge in [0.25, 0.3) is 5.91 Å². The van der Waals surface area contributed by atoms with Gasteiger partial charge >= 0.3 is 0 Å². The van der Waals surface area contributed by atoms with Crippen LogP contribution in [0.4, 0.5) is 0 Å². The summed E-state index contributed by atoms with van der Waals surface area (Å²) >= 11 is 1.71. The summed E-state index contributed by atoms with van der Waals surface area (Å²) in [5.41, 5.74) is 1.18. The van der Waals surface area contributed by atoms with Crippen LogP contribution in [-0.4, -0.2) is 43.4 Å². The second-order valence-corrected chi connectivity index (χ2v) is 7.16. The van der Waals surface area contributed by atoms with Gasteiger partial charge in [0.05, 0.1) is 13.2 Å². The minimum absolute atomic E-state index is 0.0681. The second kappa shape index (κ2) is 9.32. The Morgan fingerprint density at radius 2 is 1.85 bits per heavy atom. The number of amides is 2. The lowest BCUT2D eigenvalue weighted by molar-refractivity contribution is -0.136. The van der Waals surface area contributed by atoms with E-state index in [2.05, 4.69) is 10.6 Å². The van der Waals surface area contributed by atoms with Gasteiger partial charge in [0.1, 0.15) is 17.5 Å². The molecule has 0 aromatic heterocycles. The Morgan fingerprint density at radius 3 is 2.52 bits per heavy atom. The van der Waals surface area contributed by atoms with Crippen molar-refractivity contribution in [1.29, 1.82) is 0 Å². The van der Waals surface area contributed by atoms with Gasteiger partial charge in [-0.25, -0.2) is 0 Å². The maximum absolute atomic E-state index is 12.0. The standard InChI is InChI=1S/C20H22N2O4S/c1-25-15-9-7-14(8-10-15)12-27-13-17-19(20(24)21-17)22-18(23)11-26-16-5-3-2-4-6-16/h2-10,17,19H,11-13H2,1H3,(H,21,24)(H,22,23). The van der Waals surface area contributed by atoms with E-state index in [-0.39, 0.29) is 24.5 Å². The Balaban J connectivity index is 1.39. The van der Waals surface area contributed by atoms with E-state index in [0.717, 1.165) is 17.3 Å². The van der Waals surface area contributed by atoms with Crippen LogP contribution >= 0.6 is 11.8 Å². The number of benzene rings is 2. The SMILES string of the molecule is COc1ccc(CSCC2NC(=O)C2NC(=O)COc2ccccc2)cc1. The molecular formula is C20H22N2O4S. The Hall–Kier alpha value is -2.67. The molecule has 0 bridgehead atoms. The maximum Gasteiger partial charge on any atom is 0.258 e. The first-order valence-corrected chi connectivity index (χ1v) is 9.79. The van der Waals surface area contributed by atoms with Gasteiger partial charge < -0.3 is 20.1 Å². The molecular weight excluding hydrogens is 364 g/mol. The summed E-state index contributed by atoms with van der Waals surface area (Å²) in [4.78, 5) is 23.8. The molecule has 6 nitrogen and oxygen atoms in total. The fraction of sp³-hybridized carbons (Fsp3) is 0.300. The molecule has 0 saturated carbocycles. The van der Waals surface area contributed by atoms with Gasteiger partial charge in [0, 0.05) is 11.5 Å². The van der Waals surface area contributed by atoms with Crippen LogP contribution in [0.5, 0.6) is 11.5 Å². The fourth-order valence-corrected chi connectivity index (χ4v) is 3.73. The molecule has 142 valence electrons. The van der Waals surface area contributed by atoms with Crippen LogP contribution in [0.2, 0.25) is 0 Å². The van der Waals surface area contributed by atoms with Crippen LogP contribution in [0.25, 0.3) is 0 Å². The second-order valence-electron chi connectivity index (χ2n) is 6.13. The molecule has 0 radical (unpaired) electrons. The van der Waals surface area contributed by atoms with Gasteiger partial charge in [0.15, 0.2) is 6.61 Å². The van der Waals surface area contributed by atoms with Crippen molar-refractivity contribution in [1.82, 2.24) is 10.6 Å². The van der Waals surface area contributed by atoms with E-state index in [1.54, 1.807) is 31.0 Å². The van der Waals surface area contributed by atoms with Gasteiger partial charge in [-0.2, -0.15) is 11.8 Å². The minimum atomic E-state index is -0.500. The van der Waals surface area contributed by atoms with Crippen LogP contribution in [0.3, 0.4) is 0 Å². The van der Waals surface area contributed by atoms with E-state index >= 15 is 0 Å². The molecule has 2 aromatic carbocycles. The number of hydrogen-bond donors (Lipinski definition) is 2. The minimum Gasteiger partial charge on any atom is -0.497 e. The Morgan fingerprint density at radius 1 is 1.11 bits per heavy atom. The maximum atomic E-state index is 12.0. The van der Waals surface area contributed by atoms with E-state index in [1.807, 2.05) is 42.5 Å². The first-order valence-electron chi connectivity index (χ1n) is 8.64. The third kappa shape index (κ3) is 5.40. The predicted molar refractivity (Wildman–Crippen MR) is 105 cm³/mol. The summed E-state index contributed by atoms with van der Waals surface area (Å²) in [6.07, 6.45) is 0. The highest BCUT2D eigenvalue weighted by molar-refractivity contribution is 7.98. The number of nitrogens with one attached hydrogen (secondary N) is 2. The number of methoxy groups -OCH3 is 1. The molecule has 2 N–H and O–H groups in total. The fourth-order valence-electron chi connectivity index (χ4n) is 2.65. The molecule has 1 heterocycles. The van der Waals surface area contributed by atoms with E-state index in [0.29, 0.717) is 5.75 Å². The monoisotopic (exact) mass is 386 g/mol. The third-order valence-electron chi connectivity index (χ3n) is 4.17. The normalized spacial score (nSPS) is 18.2. The largest absolute Gasteiger partial charge is 0.497 e. The molecule has 2 atom stereocenters. The summed E-state index contributed by atoms with van der Waals surface area (Å²) in [6.45, 7) is -0.112. The molecule has 7 heteroatoms. The first-order chi connectivity index (χ1) is 13.2. The number of thioether (sulfide) groups is 1. The third-order valence-corrected chi connectivity index (χ3v) is 5.30. The molecule has 0 aliphatic carbocycles. The molecule has 1 aliphatic rings. The average molecular weight is 386 g/mol. The molecule has 27 heavy (non-hydrogen) atoms. The van der Waals surface area contributed by atoms with Gasteiger partial charge in [0.2, 0.25) is 5.91 Å². The van der Waals surface area contributed by atoms with E-state index in [9.17, 15) is 9.59 Å². The number of rotatable bonds is 9. The van der Waals surface area contributed by atoms with Crippen LogP contribution in [0.1, 0.15) is 5.56 Å². The summed E-state index contributed by atoms with van der Waals surface area (Å²) < 4.78 is 10.6.